The van der Waals surface area contributed by atoms with Gasteiger partial charge >= 0.3 is 11.9 Å². The molecule has 0 bridgehead atoms. The van der Waals surface area contributed by atoms with E-state index in [2.05, 4.69) is 15.3 Å². The summed E-state index contributed by atoms with van der Waals surface area (Å²) >= 11 is 0. The number of nitrogens with one attached hydrogen (secondary N) is 1. The Labute approximate surface area is 215 Å². The maximum atomic E-state index is 13.1. The minimum atomic E-state index is -0.936. The van der Waals surface area contributed by atoms with Crippen molar-refractivity contribution in [3.63, 3.8) is 0 Å². The highest BCUT2D eigenvalue weighted by Crippen LogP contribution is 2.25. The maximum Gasteiger partial charge on any atom is 0.342 e. The minimum Gasteiger partial charge on any atom is -0.507 e. The van der Waals surface area contributed by atoms with E-state index in [1.54, 1.807) is 38.1 Å². The normalized spacial score (nSPS) is 23.9. The van der Waals surface area contributed by atoms with Gasteiger partial charge in [-0.05, 0) is 49.6 Å². The Morgan fingerprint density at radius 2 is 2.05 bits per heavy atom. The predicted molar refractivity (Wildman–Crippen MR) is 137 cm³/mol. The van der Waals surface area contributed by atoms with E-state index in [0.29, 0.717) is 11.1 Å². The van der Waals surface area contributed by atoms with Crippen LogP contribution < -0.4 is 5.32 Å². The van der Waals surface area contributed by atoms with Gasteiger partial charge in [-0.2, -0.15) is 0 Å². The van der Waals surface area contributed by atoms with E-state index in [1.165, 1.54) is 49.9 Å². The van der Waals surface area contributed by atoms with E-state index in [1.807, 2.05) is 0 Å². The van der Waals surface area contributed by atoms with Crippen LogP contribution in [-0.4, -0.2) is 59.7 Å². The predicted octanol–water partition coefficient (Wildman–Crippen LogP) is 2.87. The van der Waals surface area contributed by atoms with Crippen LogP contribution in [0.4, 0.5) is 0 Å². The summed E-state index contributed by atoms with van der Waals surface area (Å²) in [4.78, 5) is 41.9. The molecule has 0 aromatic heterocycles. The SMILES string of the molecule is CO/N=C/C=C/C(=O)N/C=C/CC1CC(=O)O[C@H](C)/C=C/[C@@H](O)/C(C)=C/Cc2cccc(O)c2C(=O)O1. The first-order valence-electron chi connectivity index (χ1n) is 11.6. The third kappa shape index (κ3) is 10.1. The summed E-state index contributed by atoms with van der Waals surface area (Å²) < 4.78 is 10.9. The number of phenolic OH excluding ortho intramolecular Hbond substituents is 1. The number of nitrogens with zero attached hydrogens (tertiary/aromatic N) is 1. The molecule has 0 saturated carbocycles. The van der Waals surface area contributed by atoms with Gasteiger partial charge in [0.2, 0.25) is 5.91 Å². The van der Waals surface area contributed by atoms with Crippen molar-refractivity contribution in [2.24, 2.45) is 5.16 Å². The number of benzene rings is 1. The highest BCUT2D eigenvalue weighted by atomic mass is 16.6. The number of esters is 2. The lowest BCUT2D eigenvalue weighted by atomic mass is 10.0. The van der Waals surface area contributed by atoms with Crippen LogP contribution in [0.1, 0.15) is 42.6 Å². The largest absolute Gasteiger partial charge is 0.507 e. The first-order valence-corrected chi connectivity index (χ1v) is 11.6. The summed E-state index contributed by atoms with van der Waals surface area (Å²) in [5.74, 6) is -2.12. The lowest BCUT2D eigenvalue weighted by molar-refractivity contribution is -0.148. The first kappa shape index (κ1) is 29.1. The topological polar surface area (TPSA) is 144 Å². The average molecular weight is 513 g/mol. The monoisotopic (exact) mass is 512 g/mol. The molecule has 37 heavy (non-hydrogen) atoms. The molecule has 2 rings (SSSR count). The van der Waals surface area contributed by atoms with Gasteiger partial charge in [0, 0.05) is 18.7 Å². The number of fused-ring (bicyclic) bond motifs is 1. The van der Waals surface area contributed by atoms with Crippen LogP contribution in [0.25, 0.3) is 0 Å². The number of hydrogen-bond donors (Lipinski definition) is 3. The second-order valence-corrected chi connectivity index (χ2v) is 8.16. The zero-order chi connectivity index (χ0) is 27.2. The molecule has 3 atom stereocenters. The first-order chi connectivity index (χ1) is 17.7. The molecule has 0 saturated heterocycles. The van der Waals surface area contributed by atoms with Gasteiger partial charge in [0.15, 0.2) is 0 Å². The third-order valence-electron chi connectivity index (χ3n) is 5.24. The Kier molecular flexibility index (Phi) is 11.8. The van der Waals surface area contributed by atoms with Crippen LogP contribution in [0.15, 0.2) is 71.6 Å². The maximum absolute atomic E-state index is 13.1. The van der Waals surface area contributed by atoms with E-state index in [0.717, 1.165) is 0 Å². The van der Waals surface area contributed by atoms with Crippen molar-refractivity contribution >= 4 is 24.1 Å². The molecule has 1 aliphatic rings. The van der Waals surface area contributed by atoms with Gasteiger partial charge in [0.05, 0.1) is 18.7 Å². The fourth-order valence-corrected chi connectivity index (χ4v) is 3.30. The van der Waals surface area contributed by atoms with E-state index in [4.69, 9.17) is 9.47 Å². The Balaban J connectivity index is 2.25. The van der Waals surface area contributed by atoms with Crippen LogP contribution in [0, 0.1) is 0 Å². The van der Waals surface area contributed by atoms with Crippen molar-refractivity contribution in [1.82, 2.24) is 5.32 Å². The summed E-state index contributed by atoms with van der Waals surface area (Å²) in [6, 6.07) is 4.65. The highest BCUT2D eigenvalue weighted by Gasteiger charge is 2.24. The Morgan fingerprint density at radius 1 is 1.27 bits per heavy atom. The van der Waals surface area contributed by atoms with E-state index < -0.39 is 36.2 Å². The van der Waals surface area contributed by atoms with Gasteiger partial charge in [-0.25, -0.2) is 4.79 Å². The molecule has 1 amide bonds. The molecule has 0 fully saturated rings. The fourth-order valence-electron chi connectivity index (χ4n) is 3.30. The number of hydrogen-bond acceptors (Lipinski definition) is 9. The average Bonchev–Trinajstić information content (AvgIpc) is 2.85. The Bertz CT molecular complexity index is 1100. The molecule has 1 aromatic rings. The van der Waals surface area contributed by atoms with E-state index >= 15 is 0 Å². The molecule has 1 aromatic carbocycles. The third-order valence-corrected chi connectivity index (χ3v) is 5.24. The molecule has 10 nitrogen and oxygen atoms in total. The van der Waals surface area contributed by atoms with Crippen LogP contribution >= 0.6 is 0 Å². The molecule has 1 heterocycles. The van der Waals surface area contributed by atoms with Crippen LogP contribution in [0.3, 0.4) is 0 Å². The van der Waals surface area contributed by atoms with Crippen molar-refractivity contribution in [1.29, 1.82) is 0 Å². The summed E-state index contributed by atoms with van der Waals surface area (Å²) in [6.07, 6.45) is 9.26. The van der Waals surface area contributed by atoms with Gasteiger partial charge in [-0.15, -0.1) is 0 Å². The van der Waals surface area contributed by atoms with Crippen molar-refractivity contribution in [3.05, 3.63) is 77.6 Å². The number of aromatic hydroxyl groups is 1. The lowest BCUT2D eigenvalue weighted by Gasteiger charge is -2.18. The molecule has 0 aliphatic carbocycles. The molecule has 10 heteroatoms. The number of allylic oxidation sites excluding steroid dienone is 2. The van der Waals surface area contributed by atoms with E-state index in [-0.39, 0.29) is 30.6 Å². The number of ether oxygens (including phenoxy) is 2. The lowest BCUT2D eigenvalue weighted by Crippen LogP contribution is -2.25. The number of oxime groups is 1. The smallest absolute Gasteiger partial charge is 0.342 e. The summed E-state index contributed by atoms with van der Waals surface area (Å²) in [7, 11) is 1.38. The number of aliphatic hydroxyl groups excluding tert-OH is 1. The molecule has 0 spiro atoms. The van der Waals surface area contributed by atoms with Gasteiger partial charge in [0.25, 0.3) is 0 Å². The van der Waals surface area contributed by atoms with Crippen molar-refractivity contribution < 1.29 is 38.9 Å². The second-order valence-electron chi connectivity index (χ2n) is 8.16. The molecular weight excluding hydrogens is 480 g/mol. The Hall–Kier alpha value is -4.18. The molecule has 3 N–H and O–H groups in total. The fraction of sp³-hybridized carbons (Fsp3) is 0.333. The standard InChI is InChI=1S/C27H32N2O8/c1-18-11-13-20-7-4-9-23(31)26(20)27(34)37-21(17-25(33)36-19(2)12-14-22(18)30)8-5-15-28-24(32)10-6-16-29-35-3/h4-7,9-12,14-16,19,21-22,30-31H,8,13,17H2,1-3H3,(H,28,32)/b10-6+,14-12+,15-5+,18-11+,29-16+/t19-,21?,22-/m1/s1. The Morgan fingerprint density at radius 3 is 2.81 bits per heavy atom. The van der Waals surface area contributed by atoms with Crippen LogP contribution in [0.5, 0.6) is 5.75 Å². The van der Waals surface area contributed by atoms with Gasteiger partial charge < -0.3 is 29.8 Å². The van der Waals surface area contributed by atoms with Gasteiger partial charge in [-0.1, -0.05) is 35.5 Å². The van der Waals surface area contributed by atoms with E-state index in [9.17, 15) is 24.6 Å². The quantitative estimate of drug-likeness (QED) is 0.174. The number of carbonyl (C=O) groups excluding carboxylic acids is 3. The minimum absolute atomic E-state index is 0.0293. The molecule has 198 valence electrons. The highest BCUT2D eigenvalue weighted by molar-refractivity contribution is 5.94. The molecule has 1 aliphatic heterocycles. The number of amides is 1. The second kappa shape index (κ2) is 15.0. The van der Waals surface area contributed by atoms with Crippen molar-refractivity contribution in [2.75, 3.05) is 7.11 Å². The zero-order valence-electron chi connectivity index (χ0n) is 21.0. The van der Waals surface area contributed by atoms with Gasteiger partial charge in [-0.3, -0.25) is 9.59 Å². The zero-order valence-corrected chi connectivity index (χ0v) is 21.0. The molecule has 1 unspecified atom stereocenters. The van der Waals surface area contributed by atoms with Crippen LogP contribution in [0.2, 0.25) is 0 Å². The number of cyclic esters (lactones) is 2. The van der Waals surface area contributed by atoms with Crippen molar-refractivity contribution in [2.45, 2.75) is 51.4 Å². The number of rotatable bonds is 6. The summed E-state index contributed by atoms with van der Waals surface area (Å²) in [6.45, 7) is 3.38. The summed E-state index contributed by atoms with van der Waals surface area (Å²) in [5, 5.41) is 26.7. The molecular formula is C27H32N2O8. The van der Waals surface area contributed by atoms with Crippen molar-refractivity contribution in [3.8, 4) is 5.75 Å². The summed E-state index contributed by atoms with van der Waals surface area (Å²) in [5.41, 5.74) is 1.09. The number of aliphatic hydroxyl groups is 1. The molecule has 0 radical (unpaired) electrons. The number of carbonyl (C=O) groups is 3. The van der Waals surface area contributed by atoms with Crippen LogP contribution in [-0.2, 0) is 30.3 Å². The number of phenols is 1. The van der Waals surface area contributed by atoms with Gasteiger partial charge in [0.1, 0.15) is 30.6 Å².